The fourth-order valence-electron chi connectivity index (χ4n) is 2.20. The highest BCUT2D eigenvalue weighted by Gasteiger charge is 2.03. The topological polar surface area (TPSA) is 56.3 Å². The second-order valence-electron chi connectivity index (χ2n) is 5.08. The van der Waals surface area contributed by atoms with Crippen LogP contribution in [0.5, 0.6) is 11.5 Å². The van der Waals surface area contributed by atoms with Crippen LogP contribution in [0.2, 0.25) is 0 Å². The van der Waals surface area contributed by atoms with Crippen LogP contribution in [0.25, 0.3) is 11.4 Å². The molecule has 3 aromatic rings. The van der Waals surface area contributed by atoms with Gasteiger partial charge in [0.2, 0.25) is 0 Å². The van der Waals surface area contributed by atoms with Crippen LogP contribution in [0.3, 0.4) is 0 Å². The van der Waals surface area contributed by atoms with E-state index in [0.717, 1.165) is 22.9 Å². The third kappa shape index (κ3) is 4.23. The number of nitrogens with zero attached hydrogens (tertiary/aromatic N) is 2. The van der Waals surface area contributed by atoms with Gasteiger partial charge in [0.1, 0.15) is 23.9 Å². The van der Waals surface area contributed by atoms with Gasteiger partial charge in [-0.2, -0.15) is 0 Å². The molecule has 0 aliphatic carbocycles. The van der Waals surface area contributed by atoms with Crippen molar-refractivity contribution in [2.45, 2.75) is 0 Å². The van der Waals surface area contributed by atoms with Gasteiger partial charge in [0.25, 0.3) is 0 Å². The summed E-state index contributed by atoms with van der Waals surface area (Å²) in [4.78, 5) is 8.84. The molecule has 0 aliphatic heterocycles. The Labute approximate surface area is 141 Å². The van der Waals surface area contributed by atoms with Gasteiger partial charge in [0, 0.05) is 11.8 Å². The van der Waals surface area contributed by atoms with Crippen LogP contribution in [-0.4, -0.2) is 30.2 Å². The van der Waals surface area contributed by atoms with Crippen molar-refractivity contribution in [2.75, 3.05) is 25.6 Å². The van der Waals surface area contributed by atoms with Crippen molar-refractivity contribution in [3.05, 3.63) is 66.9 Å². The Balaban J connectivity index is 1.56. The Hall–Kier alpha value is -3.08. The standard InChI is InChI=1S/C19H19N3O2/c1-23-16-9-7-15(8-10-16)19-21-12-11-18(22-19)20-13-14-24-17-5-3-2-4-6-17/h2-12H,13-14H2,1H3,(H,20,21,22). The Bertz CT molecular complexity index is 761. The average molecular weight is 321 g/mol. The van der Waals surface area contributed by atoms with Gasteiger partial charge in [0.15, 0.2) is 5.82 Å². The summed E-state index contributed by atoms with van der Waals surface area (Å²) in [5, 5.41) is 3.25. The van der Waals surface area contributed by atoms with E-state index in [9.17, 15) is 0 Å². The zero-order chi connectivity index (χ0) is 16.6. The van der Waals surface area contributed by atoms with Crippen molar-refractivity contribution in [2.24, 2.45) is 0 Å². The molecule has 122 valence electrons. The van der Waals surface area contributed by atoms with Crippen LogP contribution in [0, 0.1) is 0 Å². The van der Waals surface area contributed by atoms with E-state index in [4.69, 9.17) is 9.47 Å². The van der Waals surface area contributed by atoms with Crippen molar-refractivity contribution in [3.8, 4) is 22.9 Å². The molecule has 5 heteroatoms. The fourth-order valence-corrected chi connectivity index (χ4v) is 2.20. The van der Waals surface area contributed by atoms with E-state index in [1.165, 1.54) is 0 Å². The van der Waals surface area contributed by atoms with Gasteiger partial charge in [-0.05, 0) is 42.5 Å². The summed E-state index contributed by atoms with van der Waals surface area (Å²) in [6.45, 7) is 1.22. The highest BCUT2D eigenvalue weighted by Crippen LogP contribution is 2.19. The number of anilines is 1. The molecule has 0 unspecified atom stereocenters. The molecule has 24 heavy (non-hydrogen) atoms. The number of methoxy groups -OCH3 is 1. The first-order chi connectivity index (χ1) is 11.8. The molecule has 1 aromatic heterocycles. The van der Waals surface area contributed by atoms with E-state index < -0.39 is 0 Å². The van der Waals surface area contributed by atoms with Gasteiger partial charge >= 0.3 is 0 Å². The highest BCUT2D eigenvalue weighted by molar-refractivity contribution is 5.58. The number of benzene rings is 2. The lowest BCUT2D eigenvalue weighted by Crippen LogP contribution is -2.12. The maximum Gasteiger partial charge on any atom is 0.161 e. The molecular formula is C19H19N3O2. The summed E-state index contributed by atoms with van der Waals surface area (Å²) in [7, 11) is 1.65. The zero-order valence-electron chi connectivity index (χ0n) is 13.5. The van der Waals surface area contributed by atoms with Crippen molar-refractivity contribution < 1.29 is 9.47 Å². The van der Waals surface area contributed by atoms with E-state index in [1.807, 2.05) is 60.7 Å². The van der Waals surface area contributed by atoms with Gasteiger partial charge < -0.3 is 14.8 Å². The van der Waals surface area contributed by atoms with Crippen molar-refractivity contribution >= 4 is 5.82 Å². The molecule has 0 fully saturated rings. The molecule has 0 spiro atoms. The van der Waals surface area contributed by atoms with E-state index in [-0.39, 0.29) is 0 Å². The highest BCUT2D eigenvalue weighted by atomic mass is 16.5. The quantitative estimate of drug-likeness (QED) is 0.673. The third-order valence-electron chi connectivity index (χ3n) is 3.42. The van der Waals surface area contributed by atoms with Gasteiger partial charge in [-0.3, -0.25) is 0 Å². The van der Waals surface area contributed by atoms with Crippen LogP contribution >= 0.6 is 0 Å². The molecule has 0 amide bonds. The van der Waals surface area contributed by atoms with Crippen LogP contribution in [0.1, 0.15) is 0 Å². The minimum atomic E-state index is 0.561. The molecule has 2 aromatic carbocycles. The summed E-state index contributed by atoms with van der Waals surface area (Å²) in [6, 6.07) is 19.3. The normalized spacial score (nSPS) is 10.2. The van der Waals surface area contributed by atoms with Crippen LogP contribution in [0.4, 0.5) is 5.82 Å². The Morgan fingerprint density at radius 2 is 1.71 bits per heavy atom. The first kappa shape index (κ1) is 15.8. The molecule has 1 heterocycles. The largest absolute Gasteiger partial charge is 0.497 e. The molecule has 0 radical (unpaired) electrons. The summed E-state index contributed by atoms with van der Waals surface area (Å²) in [5.41, 5.74) is 0.944. The number of hydrogen-bond acceptors (Lipinski definition) is 5. The van der Waals surface area contributed by atoms with Gasteiger partial charge in [-0.25, -0.2) is 9.97 Å². The number of aromatic nitrogens is 2. The second kappa shape index (κ2) is 7.97. The number of nitrogens with one attached hydrogen (secondary N) is 1. The predicted molar refractivity (Wildman–Crippen MR) is 94.4 cm³/mol. The van der Waals surface area contributed by atoms with E-state index in [2.05, 4.69) is 15.3 Å². The predicted octanol–water partition coefficient (Wildman–Crippen LogP) is 3.64. The lowest BCUT2D eigenvalue weighted by molar-refractivity contribution is 0.333. The molecule has 0 aliphatic rings. The first-order valence-electron chi connectivity index (χ1n) is 7.74. The molecular weight excluding hydrogens is 302 g/mol. The molecule has 5 nitrogen and oxygen atoms in total. The van der Waals surface area contributed by atoms with E-state index >= 15 is 0 Å². The molecule has 0 saturated heterocycles. The summed E-state index contributed by atoms with van der Waals surface area (Å²) in [5.74, 6) is 3.12. The Morgan fingerprint density at radius 3 is 2.46 bits per heavy atom. The van der Waals surface area contributed by atoms with E-state index in [1.54, 1.807) is 13.3 Å². The van der Waals surface area contributed by atoms with Crippen molar-refractivity contribution in [1.29, 1.82) is 0 Å². The molecule has 0 atom stereocenters. The summed E-state index contributed by atoms with van der Waals surface area (Å²) < 4.78 is 10.8. The third-order valence-corrected chi connectivity index (χ3v) is 3.42. The lowest BCUT2D eigenvalue weighted by Gasteiger charge is -2.09. The van der Waals surface area contributed by atoms with Crippen molar-refractivity contribution in [1.82, 2.24) is 9.97 Å². The maximum atomic E-state index is 5.65. The van der Waals surface area contributed by atoms with Crippen LogP contribution < -0.4 is 14.8 Å². The van der Waals surface area contributed by atoms with Gasteiger partial charge in [0.05, 0.1) is 13.7 Å². The molecule has 1 N–H and O–H groups in total. The monoisotopic (exact) mass is 321 g/mol. The zero-order valence-corrected chi connectivity index (χ0v) is 13.5. The van der Waals surface area contributed by atoms with Gasteiger partial charge in [-0.15, -0.1) is 0 Å². The average Bonchev–Trinajstić information content (AvgIpc) is 2.66. The molecule has 3 rings (SSSR count). The molecule has 0 bridgehead atoms. The molecule has 0 saturated carbocycles. The minimum Gasteiger partial charge on any atom is -0.497 e. The van der Waals surface area contributed by atoms with E-state index in [0.29, 0.717) is 19.0 Å². The van der Waals surface area contributed by atoms with Gasteiger partial charge in [-0.1, -0.05) is 18.2 Å². The lowest BCUT2D eigenvalue weighted by atomic mass is 10.2. The Kier molecular flexibility index (Phi) is 5.24. The SMILES string of the molecule is COc1ccc(-c2nccc(NCCOc3ccccc3)n2)cc1. The Morgan fingerprint density at radius 1 is 0.917 bits per heavy atom. The fraction of sp³-hybridized carbons (Fsp3) is 0.158. The first-order valence-corrected chi connectivity index (χ1v) is 7.74. The maximum absolute atomic E-state index is 5.65. The number of hydrogen-bond donors (Lipinski definition) is 1. The number of rotatable bonds is 7. The second-order valence-corrected chi connectivity index (χ2v) is 5.08. The van der Waals surface area contributed by atoms with Crippen molar-refractivity contribution in [3.63, 3.8) is 0 Å². The summed E-state index contributed by atoms with van der Waals surface area (Å²) >= 11 is 0. The minimum absolute atomic E-state index is 0.561. The summed E-state index contributed by atoms with van der Waals surface area (Å²) in [6.07, 6.45) is 1.74. The number of ether oxygens (including phenoxy) is 2. The number of para-hydroxylation sites is 1. The smallest absolute Gasteiger partial charge is 0.161 e. The van der Waals surface area contributed by atoms with Crippen LogP contribution in [0.15, 0.2) is 66.9 Å². The van der Waals surface area contributed by atoms with Crippen LogP contribution in [-0.2, 0) is 0 Å².